The van der Waals surface area contributed by atoms with Crippen molar-refractivity contribution in [3.05, 3.63) is 47.8 Å². The van der Waals surface area contributed by atoms with Gasteiger partial charge in [0.05, 0.1) is 18.6 Å². The topological polar surface area (TPSA) is 112 Å². The van der Waals surface area contributed by atoms with E-state index < -0.39 is 22.0 Å². The third-order valence-electron chi connectivity index (χ3n) is 4.08. The lowest BCUT2D eigenvalue weighted by molar-refractivity contribution is -0.133. The number of sulfonamides is 1. The van der Waals surface area contributed by atoms with Gasteiger partial charge in [0.15, 0.2) is 0 Å². The molecule has 1 aliphatic heterocycles. The van der Waals surface area contributed by atoms with Gasteiger partial charge >= 0.3 is 0 Å². The molecule has 3 rings (SSSR count). The summed E-state index contributed by atoms with van der Waals surface area (Å²) in [7, 11) is -2.44. The van der Waals surface area contributed by atoms with E-state index in [4.69, 9.17) is 9.94 Å². The molecule has 0 bridgehead atoms. The van der Waals surface area contributed by atoms with E-state index in [0.717, 1.165) is 15.6 Å². The van der Waals surface area contributed by atoms with Gasteiger partial charge in [0.1, 0.15) is 11.8 Å². The maximum Gasteiger partial charge on any atom is 0.262 e. The van der Waals surface area contributed by atoms with Gasteiger partial charge in [-0.25, -0.2) is 13.9 Å². The minimum absolute atomic E-state index is 0.0226. The quantitative estimate of drug-likeness (QED) is 0.553. The predicted molar refractivity (Wildman–Crippen MR) is 83.9 cm³/mol. The summed E-state index contributed by atoms with van der Waals surface area (Å²) in [5, 5.41) is 8.96. The molecule has 1 amide bonds. The van der Waals surface area contributed by atoms with Crippen molar-refractivity contribution in [2.75, 3.05) is 7.11 Å². The molecule has 0 radical (unpaired) electrons. The molecule has 1 aromatic carbocycles. The lowest BCUT2D eigenvalue weighted by Gasteiger charge is -2.33. The molecule has 1 atom stereocenters. The van der Waals surface area contributed by atoms with Crippen molar-refractivity contribution in [3.63, 3.8) is 0 Å². The molecule has 2 heterocycles. The van der Waals surface area contributed by atoms with Crippen molar-refractivity contribution in [2.45, 2.75) is 23.9 Å². The molecular formula is C15H17N3O5S. The number of H-pyrrole nitrogens is 1. The van der Waals surface area contributed by atoms with E-state index in [1.165, 1.54) is 31.4 Å². The smallest absolute Gasteiger partial charge is 0.262 e. The second-order valence-corrected chi connectivity index (χ2v) is 7.29. The minimum atomic E-state index is -3.93. The number of aromatic nitrogens is 1. The van der Waals surface area contributed by atoms with Crippen LogP contribution in [-0.2, 0) is 27.8 Å². The van der Waals surface area contributed by atoms with Crippen molar-refractivity contribution >= 4 is 15.9 Å². The Balaban J connectivity index is 2.01. The molecule has 0 aliphatic carbocycles. The summed E-state index contributed by atoms with van der Waals surface area (Å²) in [5.74, 6) is -0.233. The molecule has 3 N–H and O–H groups in total. The monoisotopic (exact) mass is 351 g/mol. The SMILES string of the molecule is COc1ccc(S(=O)(=O)N2Cc3[nH]ccc3C[C@@H]2C(=O)NO)cc1. The molecule has 0 saturated heterocycles. The first kappa shape index (κ1) is 16.5. The zero-order chi connectivity index (χ0) is 17.3. The van der Waals surface area contributed by atoms with Crippen LogP contribution < -0.4 is 10.2 Å². The van der Waals surface area contributed by atoms with Crippen LogP contribution in [0.4, 0.5) is 0 Å². The fourth-order valence-electron chi connectivity index (χ4n) is 2.78. The molecule has 1 aromatic heterocycles. The van der Waals surface area contributed by atoms with Gasteiger partial charge in [-0.2, -0.15) is 4.31 Å². The first-order valence-electron chi connectivity index (χ1n) is 7.22. The fraction of sp³-hybridized carbons (Fsp3) is 0.267. The first-order valence-corrected chi connectivity index (χ1v) is 8.66. The summed E-state index contributed by atoms with van der Waals surface area (Å²) in [5.41, 5.74) is 3.14. The van der Waals surface area contributed by atoms with Crippen LogP contribution in [0.15, 0.2) is 41.4 Å². The lowest BCUT2D eigenvalue weighted by Crippen LogP contribution is -2.51. The molecule has 128 valence electrons. The Kier molecular flexibility index (Phi) is 4.31. The molecule has 8 nitrogen and oxygen atoms in total. The number of amides is 1. The molecular weight excluding hydrogens is 334 g/mol. The normalized spacial score (nSPS) is 18.0. The summed E-state index contributed by atoms with van der Waals surface area (Å²) >= 11 is 0. The number of benzene rings is 1. The van der Waals surface area contributed by atoms with Crippen molar-refractivity contribution in [3.8, 4) is 5.75 Å². The van der Waals surface area contributed by atoms with Gasteiger partial charge in [-0.05, 0) is 42.3 Å². The van der Waals surface area contributed by atoms with Crippen molar-refractivity contribution in [1.82, 2.24) is 14.8 Å². The number of hydrogen-bond acceptors (Lipinski definition) is 5. The number of nitrogens with one attached hydrogen (secondary N) is 2. The molecule has 24 heavy (non-hydrogen) atoms. The van der Waals surface area contributed by atoms with E-state index in [1.54, 1.807) is 17.7 Å². The third-order valence-corrected chi connectivity index (χ3v) is 5.95. The number of ether oxygens (including phenoxy) is 1. The van der Waals surface area contributed by atoms with Crippen LogP contribution in [0, 0.1) is 0 Å². The standard InChI is InChI=1S/C15H17N3O5S/c1-23-11-2-4-12(5-3-11)24(21,22)18-9-13-10(6-7-16-13)8-14(18)15(19)17-20/h2-7,14,16,20H,8-9H2,1H3,(H,17,19)/t14-/m1/s1. The summed E-state index contributed by atoms with van der Waals surface area (Å²) < 4.78 is 32.0. The van der Waals surface area contributed by atoms with Crippen LogP contribution in [0.5, 0.6) is 5.75 Å². The molecule has 0 saturated carbocycles. The van der Waals surface area contributed by atoms with Crippen LogP contribution in [0.1, 0.15) is 11.3 Å². The van der Waals surface area contributed by atoms with Crippen LogP contribution in [0.3, 0.4) is 0 Å². The molecule has 0 fully saturated rings. The fourth-order valence-corrected chi connectivity index (χ4v) is 4.34. The zero-order valence-corrected chi connectivity index (χ0v) is 13.7. The predicted octanol–water partition coefficient (Wildman–Crippen LogP) is 0.644. The Hall–Kier alpha value is -2.36. The Labute approximate surface area is 139 Å². The molecule has 9 heteroatoms. The Morgan fingerprint density at radius 1 is 1.33 bits per heavy atom. The highest BCUT2D eigenvalue weighted by Gasteiger charge is 2.40. The summed E-state index contributed by atoms with van der Waals surface area (Å²) in [6, 6.07) is 6.70. The summed E-state index contributed by atoms with van der Waals surface area (Å²) in [6.45, 7) is 0.0226. The number of hydroxylamine groups is 1. The van der Waals surface area contributed by atoms with Gasteiger partial charge in [-0.15, -0.1) is 0 Å². The Morgan fingerprint density at radius 2 is 2.04 bits per heavy atom. The average molecular weight is 351 g/mol. The molecule has 0 spiro atoms. The highest BCUT2D eigenvalue weighted by Crippen LogP contribution is 2.29. The number of aromatic amines is 1. The molecule has 2 aromatic rings. The lowest BCUT2D eigenvalue weighted by atomic mass is 10.0. The Morgan fingerprint density at radius 3 is 2.67 bits per heavy atom. The Bertz CT molecular complexity index is 844. The average Bonchev–Trinajstić information content (AvgIpc) is 3.07. The second-order valence-electron chi connectivity index (χ2n) is 5.40. The van der Waals surface area contributed by atoms with E-state index in [2.05, 4.69) is 4.98 Å². The van der Waals surface area contributed by atoms with E-state index in [9.17, 15) is 13.2 Å². The van der Waals surface area contributed by atoms with Gasteiger partial charge in [-0.1, -0.05) is 0 Å². The number of carbonyl (C=O) groups excluding carboxylic acids is 1. The maximum atomic E-state index is 13.0. The largest absolute Gasteiger partial charge is 0.497 e. The number of methoxy groups -OCH3 is 1. The number of carbonyl (C=O) groups is 1. The van der Waals surface area contributed by atoms with Gasteiger partial charge in [0.2, 0.25) is 10.0 Å². The maximum absolute atomic E-state index is 13.0. The minimum Gasteiger partial charge on any atom is -0.497 e. The van der Waals surface area contributed by atoms with E-state index in [-0.39, 0.29) is 17.9 Å². The first-order chi connectivity index (χ1) is 11.5. The second kappa shape index (κ2) is 6.27. The van der Waals surface area contributed by atoms with Crippen molar-refractivity contribution < 1.29 is 23.2 Å². The van der Waals surface area contributed by atoms with Crippen LogP contribution in [-0.4, -0.2) is 42.0 Å². The third kappa shape index (κ3) is 2.77. The van der Waals surface area contributed by atoms with Crippen LogP contribution in [0.2, 0.25) is 0 Å². The van der Waals surface area contributed by atoms with E-state index in [1.807, 2.05) is 0 Å². The van der Waals surface area contributed by atoms with Gasteiger partial charge in [-0.3, -0.25) is 10.0 Å². The zero-order valence-electron chi connectivity index (χ0n) is 12.9. The summed E-state index contributed by atoms with van der Waals surface area (Å²) in [4.78, 5) is 15.0. The van der Waals surface area contributed by atoms with E-state index in [0.29, 0.717) is 5.75 Å². The summed E-state index contributed by atoms with van der Waals surface area (Å²) in [6.07, 6.45) is 1.88. The highest BCUT2D eigenvalue weighted by atomic mass is 32.2. The van der Waals surface area contributed by atoms with Gasteiger partial charge in [0.25, 0.3) is 5.91 Å². The van der Waals surface area contributed by atoms with Gasteiger partial charge in [0, 0.05) is 11.9 Å². The number of fused-ring (bicyclic) bond motifs is 1. The molecule has 1 aliphatic rings. The van der Waals surface area contributed by atoms with Crippen molar-refractivity contribution in [1.29, 1.82) is 0 Å². The van der Waals surface area contributed by atoms with Gasteiger partial charge < -0.3 is 9.72 Å². The van der Waals surface area contributed by atoms with Crippen LogP contribution in [0.25, 0.3) is 0 Å². The van der Waals surface area contributed by atoms with E-state index >= 15 is 0 Å². The van der Waals surface area contributed by atoms with Crippen LogP contribution >= 0.6 is 0 Å². The molecule has 0 unspecified atom stereocenters. The highest BCUT2D eigenvalue weighted by molar-refractivity contribution is 7.89. The van der Waals surface area contributed by atoms with Crippen molar-refractivity contribution in [2.24, 2.45) is 0 Å². The number of rotatable bonds is 4. The number of nitrogens with zero attached hydrogens (tertiary/aromatic N) is 1. The number of hydrogen-bond donors (Lipinski definition) is 3.